The average Bonchev–Trinajstić information content (AvgIpc) is 2.32. The Morgan fingerprint density at radius 1 is 1.22 bits per heavy atom. The van der Waals surface area contributed by atoms with Crippen molar-refractivity contribution in [2.24, 2.45) is 5.92 Å². The van der Waals surface area contributed by atoms with Crippen molar-refractivity contribution >= 4 is 5.91 Å². The Morgan fingerprint density at radius 3 is 2.50 bits per heavy atom. The topological polar surface area (TPSA) is 69.6 Å². The van der Waals surface area contributed by atoms with Gasteiger partial charge >= 0.3 is 0 Å². The molecule has 1 aromatic rings. The molecular weight excluding hydrogens is 230 g/mol. The van der Waals surface area contributed by atoms with Crippen LogP contribution in [0.3, 0.4) is 0 Å². The maximum atomic E-state index is 12.0. The molecule has 0 radical (unpaired) electrons. The maximum Gasteiger partial charge on any atom is 0.255 e. The summed E-state index contributed by atoms with van der Waals surface area (Å²) >= 11 is 0. The van der Waals surface area contributed by atoms with Gasteiger partial charge in [-0.15, -0.1) is 0 Å². The Hall–Kier alpha value is -1.71. The molecule has 1 aliphatic carbocycles. The van der Waals surface area contributed by atoms with Gasteiger partial charge in [-0.25, -0.2) is 0 Å². The van der Waals surface area contributed by atoms with Crippen LogP contribution in [0.5, 0.6) is 11.5 Å². The quantitative estimate of drug-likeness (QED) is 0.753. The molecule has 0 spiro atoms. The van der Waals surface area contributed by atoms with E-state index in [1.165, 1.54) is 18.2 Å². The third-order valence-electron chi connectivity index (χ3n) is 3.58. The Balaban J connectivity index is 1.99. The van der Waals surface area contributed by atoms with E-state index in [1.807, 2.05) is 0 Å². The number of hydrogen-bond acceptors (Lipinski definition) is 3. The lowest BCUT2D eigenvalue weighted by Gasteiger charge is -2.27. The van der Waals surface area contributed by atoms with E-state index in [4.69, 9.17) is 0 Å². The van der Waals surface area contributed by atoms with E-state index in [1.54, 1.807) is 0 Å². The van der Waals surface area contributed by atoms with Gasteiger partial charge in [-0.05, 0) is 43.7 Å². The van der Waals surface area contributed by atoms with E-state index in [-0.39, 0.29) is 29.0 Å². The van der Waals surface area contributed by atoms with Gasteiger partial charge in [0.2, 0.25) is 0 Å². The van der Waals surface area contributed by atoms with Crippen LogP contribution in [0.15, 0.2) is 18.2 Å². The van der Waals surface area contributed by atoms with Crippen molar-refractivity contribution in [2.75, 3.05) is 0 Å². The zero-order valence-corrected chi connectivity index (χ0v) is 10.5. The largest absolute Gasteiger partial charge is 0.508 e. The van der Waals surface area contributed by atoms with Gasteiger partial charge in [0, 0.05) is 12.1 Å². The van der Waals surface area contributed by atoms with Gasteiger partial charge < -0.3 is 15.5 Å². The number of carbonyl (C=O) groups is 1. The maximum absolute atomic E-state index is 12.0. The normalized spacial score (nSPS) is 23.6. The lowest BCUT2D eigenvalue weighted by molar-refractivity contribution is 0.0920. The Kier molecular flexibility index (Phi) is 3.75. The van der Waals surface area contributed by atoms with Gasteiger partial charge in [0.1, 0.15) is 11.5 Å². The van der Waals surface area contributed by atoms with Gasteiger partial charge in [0.05, 0.1) is 5.56 Å². The van der Waals surface area contributed by atoms with Crippen molar-refractivity contribution in [3.05, 3.63) is 23.8 Å². The molecule has 0 saturated heterocycles. The van der Waals surface area contributed by atoms with Crippen LogP contribution in [0.25, 0.3) is 0 Å². The molecule has 2 rings (SSSR count). The van der Waals surface area contributed by atoms with Gasteiger partial charge in [-0.3, -0.25) is 4.79 Å². The highest BCUT2D eigenvalue weighted by Crippen LogP contribution is 2.25. The number of rotatable bonds is 2. The minimum atomic E-state index is -0.271. The van der Waals surface area contributed by atoms with Crippen molar-refractivity contribution in [1.29, 1.82) is 0 Å². The third-order valence-corrected chi connectivity index (χ3v) is 3.58. The summed E-state index contributed by atoms with van der Waals surface area (Å²) in [4.78, 5) is 12.0. The molecule has 0 unspecified atom stereocenters. The minimum Gasteiger partial charge on any atom is -0.508 e. The number of amides is 1. The molecule has 4 nitrogen and oxygen atoms in total. The highest BCUT2D eigenvalue weighted by molar-refractivity contribution is 5.97. The highest BCUT2D eigenvalue weighted by Gasteiger charge is 2.21. The Labute approximate surface area is 107 Å². The van der Waals surface area contributed by atoms with Crippen LogP contribution in [0, 0.1) is 5.92 Å². The van der Waals surface area contributed by atoms with E-state index in [0.29, 0.717) is 0 Å². The van der Waals surface area contributed by atoms with Gasteiger partial charge in [0.15, 0.2) is 0 Å². The summed E-state index contributed by atoms with van der Waals surface area (Å²) < 4.78 is 0. The summed E-state index contributed by atoms with van der Waals surface area (Å²) in [6.45, 7) is 2.23. The smallest absolute Gasteiger partial charge is 0.255 e. The van der Waals surface area contributed by atoms with E-state index < -0.39 is 0 Å². The zero-order chi connectivity index (χ0) is 13.1. The van der Waals surface area contributed by atoms with Crippen LogP contribution in [-0.4, -0.2) is 22.2 Å². The molecule has 0 atom stereocenters. The van der Waals surface area contributed by atoms with E-state index in [0.717, 1.165) is 31.6 Å². The van der Waals surface area contributed by atoms with Crippen LogP contribution < -0.4 is 5.32 Å². The molecule has 1 amide bonds. The van der Waals surface area contributed by atoms with Crippen molar-refractivity contribution in [3.63, 3.8) is 0 Å². The molecule has 1 aromatic carbocycles. The summed E-state index contributed by atoms with van der Waals surface area (Å²) in [6.07, 6.45) is 4.25. The summed E-state index contributed by atoms with van der Waals surface area (Å²) in [6, 6.07) is 4.21. The number of aromatic hydroxyl groups is 2. The molecule has 1 saturated carbocycles. The van der Waals surface area contributed by atoms with Gasteiger partial charge in [-0.2, -0.15) is 0 Å². The summed E-state index contributed by atoms with van der Waals surface area (Å²) in [5.74, 6) is 0.236. The van der Waals surface area contributed by atoms with Crippen LogP contribution in [0.4, 0.5) is 0 Å². The first-order valence-electron chi connectivity index (χ1n) is 6.39. The molecule has 0 aromatic heterocycles. The van der Waals surface area contributed by atoms with Gasteiger partial charge in [0.25, 0.3) is 5.91 Å². The van der Waals surface area contributed by atoms with E-state index in [2.05, 4.69) is 12.2 Å². The summed E-state index contributed by atoms with van der Waals surface area (Å²) in [5, 5.41) is 21.7. The molecule has 98 valence electrons. The fraction of sp³-hybridized carbons (Fsp3) is 0.500. The fourth-order valence-electron chi connectivity index (χ4n) is 2.38. The van der Waals surface area contributed by atoms with Crippen LogP contribution >= 0.6 is 0 Å². The first kappa shape index (κ1) is 12.7. The minimum absolute atomic E-state index is 0.0458. The summed E-state index contributed by atoms with van der Waals surface area (Å²) in [5.41, 5.74) is 0.214. The SMILES string of the molecule is CC1CCC(NC(=O)c2ccc(O)cc2O)CC1. The van der Waals surface area contributed by atoms with Crippen molar-refractivity contribution in [3.8, 4) is 11.5 Å². The molecule has 18 heavy (non-hydrogen) atoms. The molecule has 3 N–H and O–H groups in total. The third kappa shape index (κ3) is 2.94. The van der Waals surface area contributed by atoms with Crippen molar-refractivity contribution in [2.45, 2.75) is 38.6 Å². The van der Waals surface area contributed by atoms with Gasteiger partial charge in [-0.1, -0.05) is 6.92 Å². The first-order valence-corrected chi connectivity index (χ1v) is 6.39. The second-order valence-electron chi connectivity index (χ2n) is 5.13. The number of hydrogen-bond donors (Lipinski definition) is 3. The van der Waals surface area contributed by atoms with Crippen LogP contribution in [-0.2, 0) is 0 Å². The molecule has 0 aliphatic heterocycles. The molecule has 1 aliphatic rings. The fourth-order valence-corrected chi connectivity index (χ4v) is 2.38. The Morgan fingerprint density at radius 2 is 1.89 bits per heavy atom. The van der Waals surface area contributed by atoms with Crippen molar-refractivity contribution in [1.82, 2.24) is 5.32 Å². The molecule has 4 heteroatoms. The number of nitrogens with one attached hydrogen (secondary N) is 1. The van der Waals surface area contributed by atoms with E-state index >= 15 is 0 Å². The Bertz CT molecular complexity index is 437. The lowest BCUT2D eigenvalue weighted by atomic mass is 9.87. The van der Waals surface area contributed by atoms with Crippen LogP contribution in [0.2, 0.25) is 0 Å². The summed E-state index contributed by atoms with van der Waals surface area (Å²) in [7, 11) is 0. The standard InChI is InChI=1S/C14H19NO3/c1-9-2-4-10(5-3-9)15-14(18)12-7-6-11(16)8-13(12)17/h6-10,16-17H,2-5H2,1H3,(H,15,18). The molecule has 0 heterocycles. The molecular formula is C14H19NO3. The number of benzene rings is 1. The number of carbonyl (C=O) groups excluding carboxylic acids is 1. The molecule has 1 fully saturated rings. The predicted molar refractivity (Wildman–Crippen MR) is 68.7 cm³/mol. The highest BCUT2D eigenvalue weighted by atomic mass is 16.3. The average molecular weight is 249 g/mol. The number of phenolic OH excluding ortho intramolecular Hbond substituents is 2. The van der Waals surface area contributed by atoms with E-state index in [9.17, 15) is 15.0 Å². The van der Waals surface area contributed by atoms with Crippen molar-refractivity contribution < 1.29 is 15.0 Å². The zero-order valence-electron chi connectivity index (χ0n) is 10.5. The first-order chi connectivity index (χ1) is 8.56. The molecule has 0 bridgehead atoms. The lowest BCUT2D eigenvalue weighted by Crippen LogP contribution is -2.37. The van der Waals surface area contributed by atoms with Crippen LogP contribution in [0.1, 0.15) is 43.0 Å². The second-order valence-corrected chi connectivity index (χ2v) is 5.13. The monoisotopic (exact) mass is 249 g/mol. The second kappa shape index (κ2) is 5.29. The number of phenols is 2. The predicted octanol–water partition coefficient (Wildman–Crippen LogP) is 2.41.